The number of nitro benzene ring substituents is 1. The molecular weight excluding hydrogens is 262 g/mol. The third-order valence-corrected chi connectivity index (χ3v) is 4.13. The van der Waals surface area contributed by atoms with Gasteiger partial charge in [-0.1, -0.05) is 25.1 Å². The molecule has 2 rings (SSSR count). The average molecular weight is 277 g/mol. The molecule has 2 aromatic rings. The van der Waals surface area contributed by atoms with E-state index in [9.17, 15) is 15.2 Å². The van der Waals surface area contributed by atoms with Crippen molar-refractivity contribution in [3.8, 4) is 0 Å². The second-order valence-corrected chi connectivity index (χ2v) is 5.22. The van der Waals surface area contributed by atoms with Crippen LogP contribution in [0.1, 0.15) is 29.0 Å². The molecule has 1 heterocycles. The van der Waals surface area contributed by atoms with Gasteiger partial charge in [0.1, 0.15) is 0 Å². The van der Waals surface area contributed by atoms with Crippen LogP contribution in [0.15, 0.2) is 35.7 Å². The number of nitro groups is 1. The molecule has 1 aromatic heterocycles. The first-order valence-electron chi connectivity index (χ1n) is 6.10. The number of aliphatic hydroxyl groups excluding tert-OH is 1. The van der Waals surface area contributed by atoms with E-state index in [1.165, 1.54) is 17.4 Å². The first kappa shape index (κ1) is 13.7. The van der Waals surface area contributed by atoms with E-state index in [4.69, 9.17) is 0 Å². The molecular formula is C14H15NO3S. The van der Waals surface area contributed by atoms with Gasteiger partial charge in [0.2, 0.25) is 0 Å². The third kappa shape index (κ3) is 3.00. The first-order valence-corrected chi connectivity index (χ1v) is 6.98. The number of nitrogens with zero attached hydrogens (tertiary/aromatic N) is 1. The Bertz CT molecular complexity index is 580. The Labute approximate surface area is 115 Å². The van der Waals surface area contributed by atoms with Gasteiger partial charge in [0.25, 0.3) is 5.69 Å². The normalized spacial score (nSPS) is 12.3. The highest BCUT2D eigenvalue weighted by molar-refractivity contribution is 7.10. The Kier molecular flexibility index (Phi) is 4.29. The fourth-order valence-corrected chi connectivity index (χ4v) is 3.08. The van der Waals surface area contributed by atoms with E-state index in [1.54, 1.807) is 18.2 Å². The van der Waals surface area contributed by atoms with Crippen molar-refractivity contribution in [1.82, 2.24) is 0 Å². The molecule has 0 saturated heterocycles. The van der Waals surface area contributed by atoms with Crippen molar-refractivity contribution in [1.29, 1.82) is 0 Å². The van der Waals surface area contributed by atoms with Crippen LogP contribution in [-0.4, -0.2) is 10.0 Å². The van der Waals surface area contributed by atoms with Crippen molar-refractivity contribution in [3.63, 3.8) is 0 Å². The zero-order valence-electron chi connectivity index (χ0n) is 10.6. The van der Waals surface area contributed by atoms with Gasteiger partial charge < -0.3 is 5.11 Å². The maximum Gasteiger partial charge on any atom is 0.272 e. The van der Waals surface area contributed by atoms with Crippen molar-refractivity contribution in [2.24, 2.45) is 0 Å². The van der Waals surface area contributed by atoms with E-state index >= 15 is 0 Å². The summed E-state index contributed by atoms with van der Waals surface area (Å²) in [5.74, 6) is 0. The summed E-state index contributed by atoms with van der Waals surface area (Å²) in [6, 6.07) is 8.54. The molecule has 0 aliphatic carbocycles. The van der Waals surface area contributed by atoms with Crippen LogP contribution in [0.2, 0.25) is 0 Å². The van der Waals surface area contributed by atoms with Gasteiger partial charge in [-0.3, -0.25) is 10.1 Å². The zero-order chi connectivity index (χ0) is 13.8. The van der Waals surface area contributed by atoms with Gasteiger partial charge in [-0.2, -0.15) is 0 Å². The number of benzene rings is 1. The molecule has 5 heteroatoms. The molecule has 1 N–H and O–H groups in total. The van der Waals surface area contributed by atoms with E-state index in [0.29, 0.717) is 5.56 Å². The van der Waals surface area contributed by atoms with Gasteiger partial charge in [-0.15, -0.1) is 11.3 Å². The summed E-state index contributed by atoms with van der Waals surface area (Å²) in [7, 11) is 0. The van der Waals surface area contributed by atoms with E-state index in [1.807, 2.05) is 18.4 Å². The van der Waals surface area contributed by atoms with Gasteiger partial charge in [0.05, 0.1) is 11.0 Å². The second kappa shape index (κ2) is 5.95. The third-order valence-electron chi connectivity index (χ3n) is 3.07. The van der Waals surface area contributed by atoms with Crippen LogP contribution in [0.5, 0.6) is 0 Å². The summed E-state index contributed by atoms with van der Waals surface area (Å²) in [5, 5.41) is 23.1. The van der Waals surface area contributed by atoms with Crippen LogP contribution in [0, 0.1) is 10.1 Å². The van der Waals surface area contributed by atoms with E-state index < -0.39 is 11.0 Å². The van der Waals surface area contributed by atoms with Crippen molar-refractivity contribution in [2.75, 3.05) is 0 Å². The highest BCUT2D eigenvalue weighted by Crippen LogP contribution is 2.30. The molecule has 0 aliphatic heterocycles. The predicted octanol–water partition coefficient (Wildman–Crippen LogP) is 3.49. The van der Waals surface area contributed by atoms with Crippen LogP contribution in [0.4, 0.5) is 5.69 Å². The van der Waals surface area contributed by atoms with Crippen molar-refractivity contribution in [3.05, 3.63) is 61.8 Å². The van der Waals surface area contributed by atoms with Gasteiger partial charge in [-0.05, 0) is 23.4 Å². The standard InChI is InChI=1S/C14H15NO3S/c1-2-10-7-8-19-14(10)13(16)9-11-5-3-4-6-12(11)15(17)18/h3-8,13,16H,2,9H2,1H3. The summed E-state index contributed by atoms with van der Waals surface area (Å²) in [5.41, 5.74) is 1.74. The quantitative estimate of drug-likeness (QED) is 0.672. The number of thiophene rings is 1. The average Bonchev–Trinajstić information content (AvgIpc) is 2.87. The highest BCUT2D eigenvalue weighted by Gasteiger charge is 2.19. The molecule has 100 valence electrons. The molecule has 1 unspecified atom stereocenters. The number of para-hydroxylation sites is 1. The summed E-state index contributed by atoms with van der Waals surface area (Å²) >= 11 is 1.50. The molecule has 0 radical (unpaired) electrons. The summed E-state index contributed by atoms with van der Waals surface area (Å²) in [6.07, 6.45) is 0.438. The van der Waals surface area contributed by atoms with Crippen molar-refractivity contribution < 1.29 is 10.0 Å². The van der Waals surface area contributed by atoms with Gasteiger partial charge in [0, 0.05) is 22.9 Å². The van der Waals surface area contributed by atoms with E-state index in [2.05, 4.69) is 0 Å². The Morgan fingerprint density at radius 1 is 1.32 bits per heavy atom. The molecule has 0 bridgehead atoms. The van der Waals surface area contributed by atoms with Crippen LogP contribution < -0.4 is 0 Å². The second-order valence-electron chi connectivity index (χ2n) is 4.27. The van der Waals surface area contributed by atoms with Crippen molar-refractivity contribution in [2.45, 2.75) is 25.9 Å². The molecule has 19 heavy (non-hydrogen) atoms. The molecule has 0 fully saturated rings. The van der Waals surface area contributed by atoms with Gasteiger partial charge >= 0.3 is 0 Å². The minimum absolute atomic E-state index is 0.0659. The smallest absolute Gasteiger partial charge is 0.272 e. The molecule has 0 amide bonds. The lowest BCUT2D eigenvalue weighted by Crippen LogP contribution is -2.04. The maximum atomic E-state index is 10.9. The summed E-state index contributed by atoms with van der Waals surface area (Å²) in [6.45, 7) is 2.03. The monoisotopic (exact) mass is 277 g/mol. The van der Waals surface area contributed by atoms with Crippen LogP contribution in [0.3, 0.4) is 0 Å². The van der Waals surface area contributed by atoms with Gasteiger partial charge in [0.15, 0.2) is 0 Å². The van der Waals surface area contributed by atoms with Crippen LogP contribution in [-0.2, 0) is 12.8 Å². The molecule has 0 aliphatic rings. The van der Waals surface area contributed by atoms with Gasteiger partial charge in [-0.25, -0.2) is 0 Å². The first-order chi connectivity index (χ1) is 9.13. The molecule has 0 saturated carbocycles. The van der Waals surface area contributed by atoms with Crippen LogP contribution in [0.25, 0.3) is 0 Å². The SMILES string of the molecule is CCc1ccsc1C(O)Cc1ccccc1[N+](=O)[O-]. The minimum atomic E-state index is -0.684. The number of hydrogen-bond donors (Lipinski definition) is 1. The Hall–Kier alpha value is -1.72. The zero-order valence-corrected chi connectivity index (χ0v) is 11.4. The molecule has 4 nitrogen and oxygen atoms in total. The topological polar surface area (TPSA) is 63.4 Å². The summed E-state index contributed by atoms with van der Waals surface area (Å²) < 4.78 is 0. The number of hydrogen-bond acceptors (Lipinski definition) is 4. The van der Waals surface area contributed by atoms with Crippen LogP contribution >= 0.6 is 11.3 Å². The largest absolute Gasteiger partial charge is 0.387 e. The van der Waals surface area contributed by atoms with E-state index in [0.717, 1.165) is 16.9 Å². The lowest BCUT2D eigenvalue weighted by Gasteiger charge is -2.11. The molecule has 1 atom stereocenters. The fraction of sp³-hybridized carbons (Fsp3) is 0.286. The highest BCUT2D eigenvalue weighted by atomic mass is 32.1. The molecule has 0 spiro atoms. The maximum absolute atomic E-state index is 10.9. The van der Waals surface area contributed by atoms with E-state index in [-0.39, 0.29) is 12.1 Å². The number of aliphatic hydroxyl groups is 1. The van der Waals surface area contributed by atoms with Crippen molar-refractivity contribution >= 4 is 17.0 Å². The minimum Gasteiger partial charge on any atom is -0.387 e. The Balaban J connectivity index is 2.24. The lowest BCUT2D eigenvalue weighted by molar-refractivity contribution is -0.385. The lowest BCUT2D eigenvalue weighted by atomic mass is 10.0. The predicted molar refractivity (Wildman–Crippen MR) is 75.5 cm³/mol. The Morgan fingerprint density at radius 2 is 2.05 bits per heavy atom. The summed E-state index contributed by atoms with van der Waals surface area (Å²) in [4.78, 5) is 11.4. The molecule has 1 aromatic carbocycles. The number of rotatable bonds is 5. The number of aryl methyl sites for hydroxylation is 1. The Morgan fingerprint density at radius 3 is 2.74 bits per heavy atom. The fourth-order valence-electron chi connectivity index (χ4n) is 2.09.